The largest absolute Gasteiger partial charge is 0.478 e. The fourth-order valence-corrected chi connectivity index (χ4v) is 1.22. The van der Waals surface area contributed by atoms with Gasteiger partial charge in [0.1, 0.15) is 0 Å². The molecule has 3 amide bonds. The Hall–Kier alpha value is -2.06. The molecule has 3 N–H and O–H groups in total. The van der Waals surface area contributed by atoms with E-state index in [0.29, 0.717) is 0 Å². The number of hydrogen-bond acceptors (Lipinski definition) is 3. The van der Waals surface area contributed by atoms with Crippen LogP contribution in [0.3, 0.4) is 0 Å². The molecular weight excluding hydrogens is 293 g/mol. The zero-order valence-electron chi connectivity index (χ0n) is 11.6. The van der Waals surface area contributed by atoms with Crippen molar-refractivity contribution in [3.63, 3.8) is 0 Å². The number of unbranched alkanes of at least 4 members (excludes halogenated alkanes) is 1. The van der Waals surface area contributed by atoms with Crippen molar-refractivity contribution in [2.45, 2.75) is 39.3 Å². The standard InChI is InChI=1S/C12H17F3N2O4/c1-7(8(2)10(19)20)9(18)17-11(21)16-6-4-3-5-12(13,14)15/h3-6H2,1-2H3,(H,19,20)(H2,16,17,18,21). The number of hydrogen-bond donors (Lipinski definition) is 3. The topological polar surface area (TPSA) is 95.5 Å². The second kappa shape index (κ2) is 8.28. The first kappa shape index (κ1) is 18.9. The molecule has 0 aliphatic carbocycles. The minimum atomic E-state index is -4.23. The van der Waals surface area contributed by atoms with Gasteiger partial charge in [0.25, 0.3) is 5.91 Å². The SMILES string of the molecule is CC(C(=O)O)=C(C)C(=O)NC(=O)NCCCCC(F)(F)F. The third-order valence-corrected chi connectivity index (χ3v) is 2.62. The van der Waals surface area contributed by atoms with Crippen molar-refractivity contribution in [2.24, 2.45) is 0 Å². The van der Waals surface area contributed by atoms with E-state index >= 15 is 0 Å². The van der Waals surface area contributed by atoms with Crippen molar-refractivity contribution in [2.75, 3.05) is 6.54 Å². The monoisotopic (exact) mass is 310 g/mol. The zero-order valence-corrected chi connectivity index (χ0v) is 11.6. The van der Waals surface area contributed by atoms with Gasteiger partial charge >= 0.3 is 18.2 Å². The van der Waals surface area contributed by atoms with Gasteiger partial charge in [0, 0.05) is 24.1 Å². The molecule has 0 atom stereocenters. The van der Waals surface area contributed by atoms with E-state index in [1.807, 2.05) is 5.32 Å². The van der Waals surface area contributed by atoms with E-state index < -0.39 is 30.5 Å². The molecule has 9 heteroatoms. The van der Waals surface area contributed by atoms with E-state index in [-0.39, 0.29) is 30.5 Å². The number of amides is 3. The normalized spacial score (nSPS) is 12.4. The van der Waals surface area contributed by atoms with Crippen LogP contribution >= 0.6 is 0 Å². The zero-order chi connectivity index (χ0) is 16.6. The lowest BCUT2D eigenvalue weighted by Gasteiger charge is -2.08. The predicted octanol–water partition coefficient (Wildman–Crippen LogP) is 1.97. The molecule has 0 saturated heterocycles. The molecule has 0 aromatic carbocycles. The molecule has 0 heterocycles. The van der Waals surface area contributed by atoms with Gasteiger partial charge < -0.3 is 10.4 Å². The second-order valence-electron chi connectivity index (χ2n) is 4.34. The van der Waals surface area contributed by atoms with E-state index in [9.17, 15) is 27.6 Å². The lowest BCUT2D eigenvalue weighted by Crippen LogP contribution is -2.40. The van der Waals surface area contributed by atoms with E-state index in [1.165, 1.54) is 13.8 Å². The van der Waals surface area contributed by atoms with Crippen molar-refractivity contribution in [3.8, 4) is 0 Å². The second-order valence-corrected chi connectivity index (χ2v) is 4.34. The predicted molar refractivity (Wildman–Crippen MR) is 67.5 cm³/mol. The van der Waals surface area contributed by atoms with Crippen LogP contribution < -0.4 is 10.6 Å². The maximum absolute atomic E-state index is 11.8. The summed E-state index contributed by atoms with van der Waals surface area (Å²) in [5.74, 6) is -2.15. The number of imide groups is 1. The van der Waals surface area contributed by atoms with E-state index in [4.69, 9.17) is 5.11 Å². The number of aliphatic carboxylic acids is 1. The molecule has 0 aromatic rings. The number of rotatable bonds is 6. The van der Waals surface area contributed by atoms with Gasteiger partial charge in [-0.1, -0.05) is 0 Å². The van der Waals surface area contributed by atoms with Gasteiger partial charge in [0.15, 0.2) is 0 Å². The average molecular weight is 310 g/mol. The number of urea groups is 1. The molecular formula is C12H17F3N2O4. The van der Waals surface area contributed by atoms with Gasteiger partial charge in [-0.25, -0.2) is 9.59 Å². The molecule has 0 rings (SSSR count). The Morgan fingerprint density at radius 1 is 1.05 bits per heavy atom. The summed E-state index contributed by atoms with van der Waals surface area (Å²) in [5.41, 5.74) is -0.333. The van der Waals surface area contributed by atoms with Crippen LogP contribution in [0.4, 0.5) is 18.0 Å². The molecule has 0 fully saturated rings. The highest BCUT2D eigenvalue weighted by Crippen LogP contribution is 2.21. The van der Waals surface area contributed by atoms with E-state index in [2.05, 4.69) is 5.32 Å². The van der Waals surface area contributed by atoms with Crippen LogP contribution in [0, 0.1) is 0 Å². The quantitative estimate of drug-likeness (QED) is 0.516. The Morgan fingerprint density at radius 2 is 1.62 bits per heavy atom. The number of carboxylic acid groups (broad SMARTS) is 1. The summed E-state index contributed by atoms with van der Waals surface area (Å²) in [5, 5.41) is 12.8. The van der Waals surface area contributed by atoms with Crippen LogP contribution in [0.5, 0.6) is 0 Å². The Balaban J connectivity index is 4.08. The van der Waals surface area contributed by atoms with Crippen LogP contribution in [-0.2, 0) is 9.59 Å². The highest BCUT2D eigenvalue weighted by atomic mass is 19.4. The van der Waals surface area contributed by atoms with Gasteiger partial charge in [-0.15, -0.1) is 0 Å². The van der Waals surface area contributed by atoms with Crippen LogP contribution in [0.1, 0.15) is 33.1 Å². The van der Waals surface area contributed by atoms with Crippen molar-refractivity contribution in [1.82, 2.24) is 10.6 Å². The van der Waals surface area contributed by atoms with Crippen molar-refractivity contribution >= 4 is 17.9 Å². The molecule has 0 unspecified atom stereocenters. The molecule has 0 aliphatic rings. The molecule has 21 heavy (non-hydrogen) atoms. The number of carboxylic acids is 1. The minimum Gasteiger partial charge on any atom is -0.478 e. The summed E-state index contributed by atoms with van der Waals surface area (Å²) in [4.78, 5) is 33.4. The van der Waals surface area contributed by atoms with Gasteiger partial charge in [0.05, 0.1) is 0 Å². The maximum atomic E-state index is 11.8. The summed E-state index contributed by atoms with van der Waals surface area (Å²) in [6.07, 6.45) is -5.18. The number of alkyl halides is 3. The highest BCUT2D eigenvalue weighted by Gasteiger charge is 2.25. The number of carbonyl (C=O) groups excluding carboxylic acids is 2. The molecule has 0 aromatic heterocycles. The van der Waals surface area contributed by atoms with Gasteiger partial charge in [-0.2, -0.15) is 13.2 Å². The number of carbonyl (C=O) groups is 3. The number of halogens is 3. The first-order chi connectivity index (χ1) is 9.54. The van der Waals surface area contributed by atoms with Crippen LogP contribution in [-0.4, -0.2) is 35.7 Å². The molecule has 0 saturated carbocycles. The summed E-state index contributed by atoms with van der Waals surface area (Å²) < 4.78 is 35.5. The maximum Gasteiger partial charge on any atom is 0.389 e. The van der Waals surface area contributed by atoms with Crippen LogP contribution in [0.15, 0.2) is 11.1 Å². The Bertz CT molecular complexity index is 444. The fourth-order valence-electron chi connectivity index (χ4n) is 1.22. The Morgan fingerprint density at radius 3 is 2.10 bits per heavy atom. The summed E-state index contributed by atoms with van der Waals surface area (Å²) >= 11 is 0. The Kier molecular flexibility index (Phi) is 7.46. The Labute approximate surface area is 119 Å². The summed E-state index contributed by atoms with van der Waals surface area (Å²) in [7, 11) is 0. The average Bonchev–Trinajstić information content (AvgIpc) is 2.34. The molecule has 0 spiro atoms. The molecule has 0 aliphatic heterocycles. The van der Waals surface area contributed by atoms with Crippen molar-refractivity contribution in [1.29, 1.82) is 0 Å². The van der Waals surface area contributed by atoms with E-state index in [1.54, 1.807) is 0 Å². The van der Waals surface area contributed by atoms with Crippen LogP contribution in [0.2, 0.25) is 0 Å². The molecule has 120 valence electrons. The third-order valence-electron chi connectivity index (χ3n) is 2.62. The lowest BCUT2D eigenvalue weighted by atomic mass is 10.1. The molecule has 0 bridgehead atoms. The van der Waals surface area contributed by atoms with Gasteiger partial charge in [-0.3, -0.25) is 10.1 Å². The van der Waals surface area contributed by atoms with Crippen molar-refractivity contribution < 1.29 is 32.7 Å². The fraction of sp³-hybridized carbons (Fsp3) is 0.583. The van der Waals surface area contributed by atoms with Crippen molar-refractivity contribution in [3.05, 3.63) is 11.1 Å². The van der Waals surface area contributed by atoms with E-state index in [0.717, 1.165) is 0 Å². The lowest BCUT2D eigenvalue weighted by molar-refractivity contribution is -0.135. The van der Waals surface area contributed by atoms with Gasteiger partial charge in [-0.05, 0) is 26.7 Å². The minimum absolute atomic E-state index is 0.0180. The molecule has 0 radical (unpaired) electrons. The highest BCUT2D eigenvalue weighted by molar-refractivity contribution is 6.07. The number of nitrogens with one attached hydrogen (secondary N) is 2. The summed E-state index contributed by atoms with van der Waals surface area (Å²) in [6.45, 7) is 2.44. The summed E-state index contributed by atoms with van der Waals surface area (Å²) in [6, 6.07) is -0.885. The molecule has 6 nitrogen and oxygen atoms in total. The smallest absolute Gasteiger partial charge is 0.389 e. The first-order valence-corrected chi connectivity index (χ1v) is 6.11. The van der Waals surface area contributed by atoms with Gasteiger partial charge in [0.2, 0.25) is 0 Å². The third kappa shape index (κ3) is 8.66. The van der Waals surface area contributed by atoms with Crippen LogP contribution in [0.25, 0.3) is 0 Å². The first-order valence-electron chi connectivity index (χ1n) is 6.11.